The molecule has 0 saturated carbocycles. The van der Waals surface area contributed by atoms with Crippen LogP contribution in [0.2, 0.25) is 0 Å². The molecule has 0 spiro atoms. The van der Waals surface area contributed by atoms with Crippen molar-refractivity contribution in [3.8, 4) is 11.5 Å². The highest BCUT2D eigenvalue weighted by Gasteiger charge is 2.10. The lowest BCUT2D eigenvalue weighted by Crippen LogP contribution is -2.03. The summed E-state index contributed by atoms with van der Waals surface area (Å²) in [6, 6.07) is 5.41. The molecule has 2 rings (SSSR count). The van der Waals surface area contributed by atoms with Crippen LogP contribution >= 0.6 is 11.3 Å². The Kier molecular flexibility index (Phi) is 4.41. The van der Waals surface area contributed by atoms with Crippen LogP contribution in [-0.4, -0.2) is 30.3 Å². The van der Waals surface area contributed by atoms with Crippen molar-refractivity contribution in [3.63, 3.8) is 0 Å². The first-order valence-electron chi connectivity index (χ1n) is 5.77. The summed E-state index contributed by atoms with van der Waals surface area (Å²) in [5.74, 6) is 0.373. The Hall–Kier alpha value is -2.28. The van der Waals surface area contributed by atoms with Gasteiger partial charge < -0.3 is 19.9 Å². The number of thiazole rings is 1. The first kappa shape index (κ1) is 14.1. The summed E-state index contributed by atoms with van der Waals surface area (Å²) in [6.45, 7) is 0.410. The van der Waals surface area contributed by atoms with Crippen molar-refractivity contribution in [2.45, 2.75) is 6.54 Å². The molecule has 106 valence electrons. The summed E-state index contributed by atoms with van der Waals surface area (Å²) in [5.41, 5.74) is 1.42. The van der Waals surface area contributed by atoms with Crippen LogP contribution in [0.25, 0.3) is 0 Å². The number of benzene rings is 1. The number of carboxylic acid groups (broad SMARTS) is 1. The highest BCUT2D eigenvalue weighted by molar-refractivity contribution is 7.11. The van der Waals surface area contributed by atoms with Crippen molar-refractivity contribution < 1.29 is 19.4 Å². The minimum absolute atomic E-state index is 0.0828. The van der Waals surface area contributed by atoms with E-state index >= 15 is 0 Å². The van der Waals surface area contributed by atoms with Gasteiger partial charge in [0.1, 0.15) is 11.5 Å². The zero-order valence-electron chi connectivity index (χ0n) is 11.0. The van der Waals surface area contributed by atoms with E-state index in [-0.39, 0.29) is 5.01 Å². The smallest absolute Gasteiger partial charge is 0.365 e. The van der Waals surface area contributed by atoms with E-state index in [0.29, 0.717) is 23.7 Å². The van der Waals surface area contributed by atoms with E-state index in [0.717, 1.165) is 17.0 Å². The second-order valence-corrected chi connectivity index (χ2v) is 4.73. The predicted molar refractivity (Wildman–Crippen MR) is 75.9 cm³/mol. The van der Waals surface area contributed by atoms with Gasteiger partial charge in [-0.1, -0.05) is 0 Å². The number of anilines is 1. The van der Waals surface area contributed by atoms with Crippen LogP contribution in [0.5, 0.6) is 11.5 Å². The zero-order chi connectivity index (χ0) is 14.5. The van der Waals surface area contributed by atoms with Gasteiger partial charge in [0.25, 0.3) is 0 Å². The van der Waals surface area contributed by atoms with Crippen LogP contribution in [0.1, 0.15) is 15.5 Å². The third kappa shape index (κ3) is 3.18. The summed E-state index contributed by atoms with van der Waals surface area (Å²) in [6.07, 6.45) is 0. The Morgan fingerprint density at radius 3 is 2.80 bits per heavy atom. The van der Waals surface area contributed by atoms with Crippen molar-refractivity contribution in [1.29, 1.82) is 0 Å². The van der Waals surface area contributed by atoms with E-state index in [2.05, 4.69) is 10.3 Å². The SMILES string of the molecule is COc1ccc(OC)c(NCc2csc(C(=O)O)n2)c1. The molecule has 7 heteroatoms. The predicted octanol–water partition coefficient (Wildman–Crippen LogP) is 2.47. The first-order chi connectivity index (χ1) is 9.63. The zero-order valence-corrected chi connectivity index (χ0v) is 11.9. The second kappa shape index (κ2) is 6.25. The topological polar surface area (TPSA) is 80.7 Å². The quantitative estimate of drug-likeness (QED) is 0.852. The molecule has 0 aliphatic rings. The average Bonchev–Trinajstić information content (AvgIpc) is 2.93. The molecule has 2 N–H and O–H groups in total. The van der Waals surface area contributed by atoms with Gasteiger partial charge >= 0.3 is 5.97 Å². The Morgan fingerprint density at radius 2 is 2.20 bits per heavy atom. The minimum atomic E-state index is -1.01. The summed E-state index contributed by atoms with van der Waals surface area (Å²) in [7, 11) is 3.17. The van der Waals surface area contributed by atoms with Crippen molar-refractivity contribution in [2.24, 2.45) is 0 Å². The lowest BCUT2D eigenvalue weighted by molar-refractivity contribution is 0.0696. The summed E-state index contributed by atoms with van der Waals surface area (Å²) < 4.78 is 10.4. The van der Waals surface area contributed by atoms with Gasteiger partial charge in [0.2, 0.25) is 5.01 Å². The van der Waals surface area contributed by atoms with Crippen LogP contribution in [0.15, 0.2) is 23.6 Å². The monoisotopic (exact) mass is 294 g/mol. The molecule has 1 heterocycles. The van der Waals surface area contributed by atoms with Gasteiger partial charge in [-0.05, 0) is 12.1 Å². The molecule has 0 radical (unpaired) electrons. The van der Waals surface area contributed by atoms with Gasteiger partial charge in [-0.15, -0.1) is 11.3 Å². The molecule has 0 amide bonds. The number of ether oxygens (including phenoxy) is 2. The van der Waals surface area contributed by atoms with Crippen molar-refractivity contribution >= 4 is 23.0 Å². The molecule has 1 aromatic heterocycles. The molecule has 2 aromatic rings. The molecule has 0 aliphatic carbocycles. The van der Waals surface area contributed by atoms with Gasteiger partial charge in [0.05, 0.1) is 32.1 Å². The number of methoxy groups -OCH3 is 2. The van der Waals surface area contributed by atoms with E-state index in [9.17, 15) is 4.79 Å². The number of nitrogens with one attached hydrogen (secondary N) is 1. The fourth-order valence-electron chi connectivity index (χ4n) is 1.62. The normalized spacial score (nSPS) is 10.1. The molecule has 1 aromatic carbocycles. The van der Waals surface area contributed by atoms with Crippen LogP contribution in [-0.2, 0) is 6.54 Å². The van der Waals surface area contributed by atoms with Gasteiger partial charge in [-0.25, -0.2) is 9.78 Å². The number of hydrogen-bond donors (Lipinski definition) is 2. The maximum Gasteiger partial charge on any atom is 0.365 e. The van der Waals surface area contributed by atoms with E-state index in [1.54, 1.807) is 31.7 Å². The molecule has 0 fully saturated rings. The van der Waals surface area contributed by atoms with Gasteiger partial charge in [0, 0.05) is 11.4 Å². The van der Waals surface area contributed by atoms with E-state index < -0.39 is 5.97 Å². The van der Waals surface area contributed by atoms with E-state index in [1.807, 2.05) is 6.07 Å². The standard InChI is InChI=1S/C13H14N2O4S/c1-18-9-3-4-11(19-2)10(5-9)14-6-8-7-20-12(15-8)13(16)17/h3-5,7,14H,6H2,1-2H3,(H,16,17). The summed E-state index contributed by atoms with van der Waals surface area (Å²) in [4.78, 5) is 14.8. The maximum absolute atomic E-state index is 10.8. The summed E-state index contributed by atoms with van der Waals surface area (Å²) in [5, 5.41) is 13.8. The highest BCUT2D eigenvalue weighted by Crippen LogP contribution is 2.29. The van der Waals surface area contributed by atoms with Crippen molar-refractivity contribution in [3.05, 3.63) is 34.3 Å². The Labute approximate surface area is 120 Å². The van der Waals surface area contributed by atoms with Crippen molar-refractivity contribution in [2.75, 3.05) is 19.5 Å². The highest BCUT2D eigenvalue weighted by atomic mass is 32.1. The molecule has 0 unspecified atom stereocenters. The number of rotatable bonds is 6. The van der Waals surface area contributed by atoms with Crippen LogP contribution in [0.3, 0.4) is 0 Å². The Bertz CT molecular complexity index is 612. The first-order valence-corrected chi connectivity index (χ1v) is 6.65. The van der Waals surface area contributed by atoms with Gasteiger partial charge in [0.15, 0.2) is 0 Å². The molecular weight excluding hydrogens is 280 g/mol. The third-order valence-electron chi connectivity index (χ3n) is 2.60. The molecule has 0 bridgehead atoms. The number of aromatic nitrogens is 1. The fraction of sp³-hybridized carbons (Fsp3) is 0.231. The fourth-order valence-corrected chi connectivity index (χ4v) is 2.28. The van der Waals surface area contributed by atoms with E-state index in [4.69, 9.17) is 14.6 Å². The minimum Gasteiger partial charge on any atom is -0.497 e. The Balaban J connectivity index is 2.10. The Morgan fingerprint density at radius 1 is 1.40 bits per heavy atom. The molecular formula is C13H14N2O4S. The molecule has 20 heavy (non-hydrogen) atoms. The molecule has 0 saturated heterocycles. The number of hydrogen-bond acceptors (Lipinski definition) is 6. The number of carbonyl (C=O) groups is 1. The lowest BCUT2D eigenvalue weighted by Gasteiger charge is -2.11. The summed E-state index contributed by atoms with van der Waals surface area (Å²) >= 11 is 1.10. The molecule has 6 nitrogen and oxygen atoms in total. The third-order valence-corrected chi connectivity index (χ3v) is 3.48. The molecule has 0 aliphatic heterocycles. The van der Waals surface area contributed by atoms with Crippen molar-refractivity contribution in [1.82, 2.24) is 4.98 Å². The molecule has 0 atom stereocenters. The lowest BCUT2D eigenvalue weighted by atomic mass is 10.2. The van der Waals surface area contributed by atoms with Gasteiger partial charge in [-0.3, -0.25) is 0 Å². The second-order valence-electron chi connectivity index (χ2n) is 3.87. The van der Waals surface area contributed by atoms with Crippen LogP contribution in [0, 0.1) is 0 Å². The van der Waals surface area contributed by atoms with E-state index in [1.165, 1.54) is 0 Å². The number of carboxylic acids is 1. The maximum atomic E-state index is 10.8. The number of nitrogens with zero attached hydrogens (tertiary/aromatic N) is 1. The van der Waals surface area contributed by atoms with Crippen LogP contribution < -0.4 is 14.8 Å². The number of aromatic carboxylic acids is 1. The van der Waals surface area contributed by atoms with Gasteiger partial charge in [-0.2, -0.15) is 0 Å². The average molecular weight is 294 g/mol. The largest absolute Gasteiger partial charge is 0.497 e. The van der Waals surface area contributed by atoms with Crippen LogP contribution in [0.4, 0.5) is 5.69 Å².